The second-order valence-electron chi connectivity index (χ2n) is 2.49. The summed E-state index contributed by atoms with van der Waals surface area (Å²) < 4.78 is 24.0. The Kier molecular flexibility index (Phi) is 3.67. The minimum atomic E-state index is -0.374. The number of hydrogen-bond donors (Lipinski definition) is 1. The topological polar surface area (TPSA) is 12.0 Å². The van der Waals surface area contributed by atoms with E-state index in [-0.39, 0.29) is 12.5 Å². The summed E-state index contributed by atoms with van der Waals surface area (Å²) >= 11 is 0. The van der Waals surface area contributed by atoms with Crippen molar-refractivity contribution < 1.29 is 8.78 Å². The van der Waals surface area contributed by atoms with Gasteiger partial charge in [-0.15, -0.1) is 0 Å². The van der Waals surface area contributed by atoms with Crippen molar-refractivity contribution in [2.45, 2.75) is 6.54 Å². The van der Waals surface area contributed by atoms with Crippen molar-refractivity contribution in [1.29, 1.82) is 0 Å². The molecule has 0 saturated carbocycles. The number of halogens is 2. The lowest BCUT2D eigenvalue weighted by molar-refractivity contribution is 0.466. The van der Waals surface area contributed by atoms with Gasteiger partial charge in [0.15, 0.2) is 0 Å². The van der Waals surface area contributed by atoms with Crippen LogP contribution < -0.4 is 5.32 Å². The molecule has 12 heavy (non-hydrogen) atoms. The molecule has 1 N–H and O–H groups in total. The molecular weight excluding hydrogens is 160 g/mol. The fourth-order valence-electron chi connectivity index (χ4n) is 0.902. The largest absolute Gasteiger partial charge is 0.310 e. The Bertz CT molecular complexity index is 220. The third-order valence-electron chi connectivity index (χ3n) is 1.51. The van der Waals surface area contributed by atoms with Crippen LogP contribution in [0.25, 0.3) is 0 Å². The van der Waals surface area contributed by atoms with E-state index in [9.17, 15) is 8.78 Å². The molecule has 0 aromatic heterocycles. The Morgan fingerprint density at radius 1 is 1.17 bits per heavy atom. The first-order valence-electron chi connectivity index (χ1n) is 3.84. The van der Waals surface area contributed by atoms with Crippen molar-refractivity contribution in [1.82, 2.24) is 5.32 Å². The SMILES string of the molecule is FCCNCc1ccc(F)cc1. The summed E-state index contributed by atoms with van der Waals surface area (Å²) in [6, 6.07) is 6.15. The van der Waals surface area contributed by atoms with Gasteiger partial charge in [0.2, 0.25) is 0 Å². The van der Waals surface area contributed by atoms with Crippen molar-refractivity contribution in [3.05, 3.63) is 35.6 Å². The normalized spacial score (nSPS) is 10.2. The van der Waals surface area contributed by atoms with Crippen molar-refractivity contribution in [3.63, 3.8) is 0 Å². The molecule has 0 spiro atoms. The van der Waals surface area contributed by atoms with Gasteiger partial charge in [-0.3, -0.25) is 0 Å². The molecule has 0 atom stereocenters. The van der Waals surface area contributed by atoms with Crippen LogP contribution in [0.2, 0.25) is 0 Å². The second kappa shape index (κ2) is 4.83. The molecule has 1 aromatic carbocycles. The van der Waals surface area contributed by atoms with Gasteiger partial charge in [0.25, 0.3) is 0 Å². The number of rotatable bonds is 4. The van der Waals surface area contributed by atoms with Crippen molar-refractivity contribution in [2.75, 3.05) is 13.2 Å². The fourth-order valence-corrected chi connectivity index (χ4v) is 0.902. The van der Waals surface area contributed by atoms with Crippen LogP contribution in [0.15, 0.2) is 24.3 Å². The lowest BCUT2D eigenvalue weighted by Crippen LogP contribution is -2.15. The van der Waals surface area contributed by atoms with Gasteiger partial charge < -0.3 is 5.32 Å². The van der Waals surface area contributed by atoms with Gasteiger partial charge in [-0.25, -0.2) is 8.78 Å². The minimum Gasteiger partial charge on any atom is -0.310 e. The molecular formula is C9H11F2N. The molecule has 1 aromatic rings. The third kappa shape index (κ3) is 2.96. The van der Waals surface area contributed by atoms with Gasteiger partial charge in [0, 0.05) is 13.1 Å². The first kappa shape index (κ1) is 9.13. The van der Waals surface area contributed by atoms with Crippen LogP contribution in [-0.2, 0) is 6.54 Å². The monoisotopic (exact) mass is 171 g/mol. The molecule has 0 radical (unpaired) electrons. The summed E-state index contributed by atoms with van der Waals surface area (Å²) in [5.74, 6) is -0.246. The predicted molar refractivity (Wildman–Crippen MR) is 44.1 cm³/mol. The molecule has 0 heterocycles. The maximum Gasteiger partial charge on any atom is 0.123 e. The summed E-state index contributed by atoms with van der Waals surface area (Å²) in [7, 11) is 0. The quantitative estimate of drug-likeness (QED) is 0.682. The van der Waals surface area contributed by atoms with Crippen molar-refractivity contribution >= 4 is 0 Å². The maximum absolute atomic E-state index is 12.4. The van der Waals surface area contributed by atoms with E-state index in [2.05, 4.69) is 5.32 Å². The number of nitrogens with one attached hydrogen (secondary N) is 1. The Morgan fingerprint density at radius 2 is 1.83 bits per heavy atom. The molecule has 0 aliphatic heterocycles. The molecule has 1 nitrogen and oxygen atoms in total. The standard InChI is InChI=1S/C9H11F2N/c10-5-6-12-7-8-1-3-9(11)4-2-8/h1-4,12H,5-7H2. The molecule has 0 bridgehead atoms. The highest BCUT2D eigenvalue weighted by Gasteiger charge is 1.92. The molecule has 0 aliphatic rings. The van der Waals surface area contributed by atoms with E-state index in [1.807, 2.05) is 0 Å². The molecule has 0 unspecified atom stereocenters. The van der Waals surface area contributed by atoms with Gasteiger partial charge >= 0.3 is 0 Å². The molecule has 0 aliphatic carbocycles. The van der Waals surface area contributed by atoms with Crippen LogP contribution >= 0.6 is 0 Å². The Hall–Kier alpha value is -0.960. The van der Waals surface area contributed by atoms with E-state index in [0.29, 0.717) is 13.1 Å². The Labute approximate surface area is 70.4 Å². The van der Waals surface area contributed by atoms with Crippen LogP contribution in [-0.4, -0.2) is 13.2 Å². The lowest BCUT2D eigenvalue weighted by atomic mass is 10.2. The van der Waals surface area contributed by atoms with E-state index < -0.39 is 0 Å². The van der Waals surface area contributed by atoms with Crippen LogP contribution in [0, 0.1) is 5.82 Å². The van der Waals surface area contributed by atoms with Gasteiger partial charge in [-0.1, -0.05) is 12.1 Å². The number of alkyl halides is 1. The number of benzene rings is 1. The van der Waals surface area contributed by atoms with Crippen molar-refractivity contribution in [3.8, 4) is 0 Å². The van der Waals surface area contributed by atoms with Gasteiger partial charge in [0.05, 0.1) is 0 Å². The summed E-state index contributed by atoms with van der Waals surface area (Å²) in [5.41, 5.74) is 0.963. The van der Waals surface area contributed by atoms with Crippen LogP contribution in [0.4, 0.5) is 8.78 Å². The highest BCUT2D eigenvalue weighted by atomic mass is 19.1. The Morgan fingerprint density at radius 3 is 2.42 bits per heavy atom. The van der Waals surface area contributed by atoms with E-state index in [1.165, 1.54) is 12.1 Å². The molecule has 66 valence electrons. The zero-order chi connectivity index (χ0) is 8.81. The van der Waals surface area contributed by atoms with Gasteiger partial charge in [0.1, 0.15) is 12.5 Å². The van der Waals surface area contributed by atoms with Crippen LogP contribution in [0.5, 0.6) is 0 Å². The fraction of sp³-hybridized carbons (Fsp3) is 0.333. The average molecular weight is 171 g/mol. The second-order valence-corrected chi connectivity index (χ2v) is 2.49. The molecule has 0 amide bonds. The number of hydrogen-bond acceptors (Lipinski definition) is 1. The molecule has 1 rings (SSSR count). The van der Waals surface area contributed by atoms with Crippen molar-refractivity contribution in [2.24, 2.45) is 0 Å². The molecule has 0 fully saturated rings. The average Bonchev–Trinajstić information content (AvgIpc) is 2.09. The maximum atomic E-state index is 12.4. The van der Waals surface area contributed by atoms with Gasteiger partial charge in [-0.2, -0.15) is 0 Å². The summed E-state index contributed by atoms with van der Waals surface area (Å²) in [4.78, 5) is 0. The zero-order valence-corrected chi connectivity index (χ0v) is 6.69. The smallest absolute Gasteiger partial charge is 0.123 e. The zero-order valence-electron chi connectivity index (χ0n) is 6.69. The minimum absolute atomic E-state index is 0.246. The van der Waals surface area contributed by atoms with Gasteiger partial charge in [-0.05, 0) is 17.7 Å². The first-order chi connectivity index (χ1) is 5.83. The van der Waals surface area contributed by atoms with E-state index in [0.717, 1.165) is 5.56 Å². The highest BCUT2D eigenvalue weighted by Crippen LogP contribution is 2.01. The predicted octanol–water partition coefficient (Wildman–Crippen LogP) is 1.88. The third-order valence-corrected chi connectivity index (χ3v) is 1.51. The summed E-state index contributed by atoms with van der Waals surface area (Å²) in [6.45, 7) is 0.558. The van der Waals surface area contributed by atoms with Crippen LogP contribution in [0.3, 0.4) is 0 Å². The molecule has 3 heteroatoms. The lowest BCUT2D eigenvalue weighted by Gasteiger charge is -2.01. The summed E-state index contributed by atoms with van der Waals surface area (Å²) in [5, 5.41) is 2.87. The van der Waals surface area contributed by atoms with E-state index in [4.69, 9.17) is 0 Å². The van der Waals surface area contributed by atoms with E-state index >= 15 is 0 Å². The molecule has 0 saturated heterocycles. The highest BCUT2D eigenvalue weighted by molar-refractivity contribution is 5.15. The van der Waals surface area contributed by atoms with E-state index in [1.54, 1.807) is 12.1 Å². The summed E-state index contributed by atoms with van der Waals surface area (Å²) in [6.07, 6.45) is 0. The first-order valence-corrected chi connectivity index (χ1v) is 3.84. The van der Waals surface area contributed by atoms with Crippen LogP contribution in [0.1, 0.15) is 5.56 Å². The Balaban J connectivity index is 2.37.